The Morgan fingerprint density at radius 2 is 1.82 bits per heavy atom. The van der Waals surface area contributed by atoms with Crippen LogP contribution >= 0.6 is 0 Å². The highest BCUT2D eigenvalue weighted by molar-refractivity contribution is 5.88. The fourth-order valence-electron chi connectivity index (χ4n) is 3.79. The number of carbonyl (C=O) groups excluding carboxylic acids is 1. The van der Waals surface area contributed by atoms with Gasteiger partial charge in [-0.15, -0.1) is 0 Å². The lowest BCUT2D eigenvalue weighted by Gasteiger charge is -2.21. The van der Waals surface area contributed by atoms with E-state index in [2.05, 4.69) is 35.3 Å². The van der Waals surface area contributed by atoms with E-state index in [1.54, 1.807) is 4.90 Å². The maximum Gasteiger partial charge on any atom is 0.226 e. The van der Waals surface area contributed by atoms with Crippen molar-refractivity contribution in [2.45, 2.75) is 39.2 Å². The van der Waals surface area contributed by atoms with Gasteiger partial charge in [0.1, 0.15) is 5.75 Å². The van der Waals surface area contributed by atoms with Crippen molar-refractivity contribution in [3.8, 4) is 17.1 Å². The summed E-state index contributed by atoms with van der Waals surface area (Å²) in [5, 5.41) is 6.30. The number of nitrogens with zero attached hydrogens (tertiary/aromatic N) is 3. The van der Waals surface area contributed by atoms with Crippen LogP contribution in [-0.4, -0.2) is 34.6 Å². The number of benzene rings is 3. The molecule has 0 fully saturated rings. The minimum Gasteiger partial charge on any atom is -0.493 e. The molecular weight excluding hydrogens is 414 g/mol. The summed E-state index contributed by atoms with van der Waals surface area (Å²) < 4.78 is 11.3. The number of aryl methyl sites for hydroxylation is 1. The summed E-state index contributed by atoms with van der Waals surface area (Å²) in [5.74, 6) is 2.04. The standard InChI is InChI=1S/C27H29N3O3/c1-3-18-32-24-17-16-20-10-7-8-13-22(20)23(24)19-30(2)26(31)15-9-14-25-28-27(29-33-25)21-11-5-4-6-12-21/h4-8,10-13,16-17H,3,9,14-15,18-19H2,1-2H3. The quantitative estimate of drug-likeness (QED) is 0.316. The van der Waals surface area contributed by atoms with Gasteiger partial charge in [-0.3, -0.25) is 4.79 Å². The molecular formula is C27H29N3O3. The molecule has 4 rings (SSSR count). The topological polar surface area (TPSA) is 68.5 Å². The molecule has 33 heavy (non-hydrogen) atoms. The van der Waals surface area contributed by atoms with Crippen LogP contribution in [0.5, 0.6) is 5.75 Å². The molecule has 1 amide bonds. The summed E-state index contributed by atoms with van der Waals surface area (Å²) in [6.45, 7) is 3.23. The van der Waals surface area contributed by atoms with Crippen molar-refractivity contribution < 1.29 is 14.1 Å². The molecule has 170 valence electrons. The molecule has 1 heterocycles. The molecule has 0 unspecified atom stereocenters. The van der Waals surface area contributed by atoms with Gasteiger partial charge in [0.25, 0.3) is 0 Å². The zero-order valence-corrected chi connectivity index (χ0v) is 19.2. The van der Waals surface area contributed by atoms with E-state index in [0.29, 0.717) is 44.1 Å². The van der Waals surface area contributed by atoms with Crippen molar-refractivity contribution in [3.63, 3.8) is 0 Å². The zero-order valence-electron chi connectivity index (χ0n) is 19.2. The van der Waals surface area contributed by atoms with Gasteiger partial charge >= 0.3 is 0 Å². The minimum absolute atomic E-state index is 0.0761. The molecule has 0 saturated carbocycles. The molecule has 0 aliphatic rings. The second-order valence-electron chi connectivity index (χ2n) is 8.09. The molecule has 0 saturated heterocycles. The summed E-state index contributed by atoms with van der Waals surface area (Å²) >= 11 is 0. The number of hydrogen-bond acceptors (Lipinski definition) is 5. The molecule has 0 spiro atoms. The third kappa shape index (κ3) is 5.58. The van der Waals surface area contributed by atoms with Gasteiger partial charge in [-0.1, -0.05) is 72.7 Å². The van der Waals surface area contributed by atoms with Gasteiger partial charge in [-0.25, -0.2) is 0 Å². The molecule has 6 nitrogen and oxygen atoms in total. The first-order chi connectivity index (χ1) is 16.2. The van der Waals surface area contributed by atoms with Gasteiger partial charge in [0.05, 0.1) is 6.61 Å². The first kappa shape index (κ1) is 22.5. The van der Waals surface area contributed by atoms with E-state index in [9.17, 15) is 4.79 Å². The summed E-state index contributed by atoms with van der Waals surface area (Å²) in [6.07, 6.45) is 2.56. The van der Waals surface area contributed by atoms with Crippen LogP contribution in [-0.2, 0) is 17.8 Å². The lowest BCUT2D eigenvalue weighted by Crippen LogP contribution is -2.26. The Bertz CT molecular complexity index is 1200. The van der Waals surface area contributed by atoms with E-state index in [-0.39, 0.29) is 5.91 Å². The molecule has 6 heteroatoms. The number of ether oxygens (including phenoxy) is 1. The van der Waals surface area contributed by atoms with Gasteiger partial charge in [0.2, 0.25) is 17.6 Å². The molecule has 0 atom stereocenters. The Morgan fingerprint density at radius 3 is 2.64 bits per heavy atom. The highest BCUT2D eigenvalue weighted by Gasteiger charge is 2.16. The minimum atomic E-state index is 0.0761. The number of carbonyl (C=O) groups is 1. The number of fused-ring (bicyclic) bond motifs is 1. The second kappa shape index (κ2) is 10.8. The van der Waals surface area contributed by atoms with Crippen LogP contribution in [0.15, 0.2) is 71.3 Å². The maximum absolute atomic E-state index is 12.8. The number of amides is 1. The molecule has 0 bridgehead atoms. The predicted molar refractivity (Wildman–Crippen MR) is 129 cm³/mol. The highest BCUT2D eigenvalue weighted by atomic mass is 16.5. The first-order valence-electron chi connectivity index (χ1n) is 11.4. The second-order valence-corrected chi connectivity index (χ2v) is 8.09. The van der Waals surface area contributed by atoms with Crippen LogP contribution < -0.4 is 4.74 Å². The molecule has 0 aliphatic carbocycles. The average molecular weight is 444 g/mol. The van der Waals surface area contributed by atoms with Crippen LogP contribution in [0.4, 0.5) is 0 Å². The number of rotatable bonds is 10. The third-order valence-electron chi connectivity index (χ3n) is 5.56. The van der Waals surface area contributed by atoms with E-state index in [1.165, 1.54) is 0 Å². The summed E-state index contributed by atoms with van der Waals surface area (Å²) in [6, 6.07) is 22.0. The number of aromatic nitrogens is 2. The summed E-state index contributed by atoms with van der Waals surface area (Å²) in [5.41, 5.74) is 1.96. The first-order valence-corrected chi connectivity index (χ1v) is 11.4. The maximum atomic E-state index is 12.8. The van der Waals surface area contributed by atoms with Crippen molar-refractivity contribution in [2.75, 3.05) is 13.7 Å². The summed E-state index contributed by atoms with van der Waals surface area (Å²) in [7, 11) is 1.84. The molecule has 0 N–H and O–H groups in total. The van der Waals surface area contributed by atoms with E-state index >= 15 is 0 Å². The van der Waals surface area contributed by atoms with Crippen molar-refractivity contribution in [1.82, 2.24) is 15.0 Å². The van der Waals surface area contributed by atoms with Crippen molar-refractivity contribution in [1.29, 1.82) is 0 Å². The van der Waals surface area contributed by atoms with E-state index in [4.69, 9.17) is 9.26 Å². The predicted octanol–water partition coefficient (Wildman–Crippen LogP) is 5.66. The van der Waals surface area contributed by atoms with Crippen LogP contribution in [0, 0.1) is 0 Å². The van der Waals surface area contributed by atoms with Gasteiger partial charge in [0, 0.05) is 37.6 Å². The molecule has 1 aromatic heterocycles. The lowest BCUT2D eigenvalue weighted by atomic mass is 10.0. The van der Waals surface area contributed by atoms with Gasteiger partial charge in [-0.2, -0.15) is 4.98 Å². The van der Waals surface area contributed by atoms with Crippen LogP contribution in [0.2, 0.25) is 0 Å². The Balaban J connectivity index is 1.37. The Morgan fingerprint density at radius 1 is 1.03 bits per heavy atom. The average Bonchev–Trinajstić information content (AvgIpc) is 3.33. The van der Waals surface area contributed by atoms with Crippen molar-refractivity contribution in [2.24, 2.45) is 0 Å². The van der Waals surface area contributed by atoms with E-state index in [0.717, 1.165) is 34.1 Å². The number of hydrogen-bond donors (Lipinski definition) is 0. The molecule has 4 aromatic rings. The van der Waals surface area contributed by atoms with E-state index < -0.39 is 0 Å². The molecule has 0 aliphatic heterocycles. The smallest absolute Gasteiger partial charge is 0.226 e. The molecule has 3 aromatic carbocycles. The van der Waals surface area contributed by atoms with Crippen LogP contribution in [0.3, 0.4) is 0 Å². The zero-order chi connectivity index (χ0) is 23.0. The fourth-order valence-corrected chi connectivity index (χ4v) is 3.79. The van der Waals surface area contributed by atoms with Crippen molar-refractivity contribution in [3.05, 3.63) is 78.2 Å². The summed E-state index contributed by atoms with van der Waals surface area (Å²) in [4.78, 5) is 19.1. The van der Waals surface area contributed by atoms with Crippen LogP contribution in [0.25, 0.3) is 22.2 Å². The Labute approximate surface area is 194 Å². The van der Waals surface area contributed by atoms with Gasteiger partial charge in [0.15, 0.2) is 0 Å². The van der Waals surface area contributed by atoms with Gasteiger partial charge in [-0.05, 0) is 29.7 Å². The van der Waals surface area contributed by atoms with E-state index in [1.807, 2.05) is 55.6 Å². The Hall–Kier alpha value is -3.67. The highest BCUT2D eigenvalue weighted by Crippen LogP contribution is 2.29. The largest absolute Gasteiger partial charge is 0.493 e. The van der Waals surface area contributed by atoms with Gasteiger partial charge < -0.3 is 14.2 Å². The Kier molecular flexibility index (Phi) is 7.35. The fraction of sp³-hybridized carbons (Fsp3) is 0.296. The van der Waals surface area contributed by atoms with Crippen LogP contribution in [0.1, 0.15) is 37.6 Å². The SMILES string of the molecule is CCCOc1ccc2ccccc2c1CN(C)C(=O)CCCc1nc(-c2ccccc2)no1. The monoisotopic (exact) mass is 443 g/mol. The molecule has 0 radical (unpaired) electrons. The van der Waals surface area contributed by atoms with Crippen molar-refractivity contribution >= 4 is 16.7 Å². The lowest BCUT2D eigenvalue weighted by molar-refractivity contribution is -0.130. The normalized spacial score (nSPS) is 11.0. The third-order valence-corrected chi connectivity index (χ3v) is 5.56.